The average molecular weight is 500 g/mol. The Bertz CT molecular complexity index is 1470. The fourth-order valence-electron chi connectivity index (χ4n) is 5.07. The fraction of sp³-hybridized carbons (Fsp3) is 0.407. The molecule has 1 N–H and O–H groups in total. The number of rotatable bonds is 6. The van der Waals surface area contributed by atoms with E-state index < -0.39 is 6.10 Å². The molecule has 10 heteroatoms. The van der Waals surface area contributed by atoms with Gasteiger partial charge >= 0.3 is 0 Å². The van der Waals surface area contributed by atoms with Crippen molar-refractivity contribution in [3.05, 3.63) is 59.7 Å². The third kappa shape index (κ3) is 4.46. The topological polar surface area (TPSA) is 114 Å². The zero-order valence-corrected chi connectivity index (χ0v) is 20.9. The zero-order chi connectivity index (χ0) is 25.5. The SMILES string of the molecule is Cc1cc(C#N)nn1-c1nc(-c2cnn3cc(OC4CCN(C5COC5)CC4)ccc23)ccc1C(C)O. The second kappa shape index (κ2) is 9.59. The normalized spacial score (nSPS) is 18.0. The molecule has 2 fully saturated rings. The van der Waals surface area contributed by atoms with E-state index in [1.54, 1.807) is 23.9 Å². The Labute approximate surface area is 214 Å². The number of aliphatic hydroxyl groups is 1. The van der Waals surface area contributed by atoms with Crippen LogP contribution in [0.3, 0.4) is 0 Å². The van der Waals surface area contributed by atoms with Crippen molar-refractivity contribution >= 4 is 5.52 Å². The van der Waals surface area contributed by atoms with Crippen LogP contribution in [0.2, 0.25) is 0 Å². The molecule has 1 unspecified atom stereocenters. The second-order valence-electron chi connectivity index (χ2n) is 9.78. The number of aryl methyl sites for hydroxylation is 1. The molecule has 6 rings (SSSR count). The van der Waals surface area contributed by atoms with Gasteiger partial charge < -0.3 is 14.6 Å². The molecule has 10 nitrogen and oxygen atoms in total. The number of hydrogen-bond donors (Lipinski definition) is 1. The number of piperidine rings is 1. The summed E-state index contributed by atoms with van der Waals surface area (Å²) in [5.74, 6) is 1.28. The Morgan fingerprint density at radius 2 is 2.00 bits per heavy atom. The van der Waals surface area contributed by atoms with Crippen molar-refractivity contribution < 1.29 is 14.6 Å². The van der Waals surface area contributed by atoms with E-state index in [1.807, 2.05) is 41.9 Å². The lowest BCUT2D eigenvalue weighted by Crippen LogP contribution is -2.52. The highest BCUT2D eigenvalue weighted by molar-refractivity contribution is 5.78. The van der Waals surface area contributed by atoms with Crippen LogP contribution in [0.5, 0.6) is 5.75 Å². The average Bonchev–Trinajstić information content (AvgIpc) is 3.46. The molecule has 0 bridgehead atoms. The molecule has 6 heterocycles. The maximum atomic E-state index is 10.4. The molecule has 2 aliphatic heterocycles. The first-order chi connectivity index (χ1) is 18.0. The Balaban J connectivity index is 1.25. The molecular formula is C27H29N7O3. The van der Waals surface area contributed by atoms with E-state index in [-0.39, 0.29) is 6.10 Å². The first kappa shape index (κ1) is 23.6. The Morgan fingerprint density at radius 1 is 1.19 bits per heavy atom. The molecule has 0 amide bonds. The molecule has 0 aliphatic carbocycles. The van der Waals surface area contributed by atoms with Crippen molar-refractivity contribution in [3.63, 3.8) is 0 Å². The summed E-state index contributed by atoms with van der Waals surface area (Å²) < 4.78 is 15.0. The fourth-order valence-corrected chi connectivity index (χ4v) is 5.07. The standard InChI is InChI=1S/C27H29N7O3/c1-17-11-19(12-28)31-34(17)27-23(18(2)35)4-5-25(30-27)24-13-29-33-14-22(3-6-26(24)33)37-21-7-9-32(10-8-21)20-15-36-16-20/h3-6,11,13-14,18,20-21,35H,7-10,15-16H2,1-2H3. The van der Waals surface area contributed by atoms with Crippen LogP contribution in [0.1, 0.15) is 42.8 Å². The van der Waals surface area contributed by atoms with Crippen LogP contribution in [0.4, 0.5) is 0 Å². The van der Waals surface area contributed by atoms with Crippen LogP contribution in [0.15, 0.2) is 42.7 Å². The van der Waals surface area contributed by atoms with E-state index in [1.165, 1.54) is 0 Å². The molecule has 0 spiro atoms. The van der Waals surface area contributed by atoms with E-state index >= 15 is 0 Å². The van der Waals surface area contributed by atoms with Crippen LogP contribution in [-0.2, 0) is 4.74 Å². The van der Waals surface area contributed by atoms with Crippen LogP contribution < -0.4 is 4.74 Å². The van der Waals surface area contributed by atoms with Crippen molar-refractivity contribution in [2.45, 2.75) is 44.9 Å². The number of ether oxygens (including phenoxy) is 2. The van der Waals surface area contributed by atoms with Gasteiger partial charge in [0.1, 0.15) is 17.9 Å². The number of nitrogens with zero attached hydrogens (tertiary/aromatic N) is 7. The molecule has 4 aromatic heterocycles. The van der Waals surface area contributed by atoms with Crippen LogP contribution in [0.25, 0.3) is 22.6 Å². The number of nitriles is 1. The highest BCUT2D eigenvalue weighted by Crippen LogP contribution is 2.30. The van der Waals surface area contributed by atoms with E-state index in [0.717, 1.165) is 61.7 Å². The van der Waals surface area contributed by atoms with Gasteiger partial charge in [0.15, 0.2) is 11.5 Å². The molecule has 2 saturated heterocycles. The zero-order valence-electron chi connectivity index (χ0n) is 20.9. The molecule has 4 aromatic rings. The van der Waals surface area contributed by atoms with Crippen LogP contribution in [-0.4, -0.2) is 72.8 Å². The van der Waals surface area contributed by atoms with Gasteiger partial charge in [-0.15, -0.1) is 0 Å². The molecule has 190 valence electrons. The van der Waals surface area contributed by atoms with E-state index in [2.05, 4.69) is 21.2 Å². The minimum atomic E-state index is -0.747. The predicted molar refractivity (Wildman–Crippen MR) is 135 cm³/mol. The first-order valence-corrected chi connectivity index (χ1v) is 12.6. The molecule has 2 aliphatic rings. The lowest BCUT2D eigenvalue weighted by molar-refractivity contribution is -0.0778. The largest absolute Gasteiger partial charge is 0.489 e. The summed E-state index contributed by atoms with van der Waals surface area (Å²) in [7, 11) is 0. The monoisotopic (exact) mass is 499 g/mol. The predicted octanol–water partition coefficient (Wildman–Crippen LogP) is 3.06. The van der Waals surface area contributed by atoms with Crippen LogP contribution >= 0.6 is 0 Å². The number of hydrogen-bond acceptors (Lipinski definition) is 8. The lowest BCUT2D eigenvalue weighted by Gasteiger charge is -2.41. The second-order valence-corrected chi connectivity index (χ2v) is 9.78. The highest BCUT2D eigenvalue weighted by atomic mass is 16.5. The number of fused-ring (bicyclic) bond motifs is 1. The van der Waals surface area contributed by atoms with Crippen molar-refractivity contribution in [2.24, 2.45) is 0 Å². The third-order valence-electron chi connectivity index (χ3n) is 7.24. The first-order valence-electron chi connectivity index (χ1n) is 12.6. The van der Waals surface area contributed by atoms with Gasteiger partial charge in [0.25, 0.3) is 0 Å². The van der Waals surface area contributed by atoms with Crippen molar-refractivity contribution in [2.75, 3.05) is 26.3 Å². The smallest absolute Gasteiger partial charge is 0.163 e. The minimum absolute atomic E-state index is 0.192. The molecular weight excluding hydrogens is 470 g/mol. The van der Waals surface area contributed by atoms with Crippen molar-refractivity contribution in [1.82, 2.24) is 29.3 Å². The molecule has 1 atom stereocenters. The summed E-state index contributed by atoms with van der Waals surface area (Å²) in [5, 5.41) is 28.5. The quantitative estimate of drug-likeness (QED) is 0.431. The van der Waals surface area contributed by atoms with Gasteiger partial charge in [-0.2, -0.15) is 15.5 Å². The Hall–Kier alpha value is -3.78. The third-order valence-corrected chi connectivity index (χ3v) is 7.24. The molecule has 0 radical (unpaired) electrons. The van der Waals surface area contributed by atoms with E-state index in [4.69, 9.17) is 14.5 Å². The summed E-state index contributed by atoms with van der Waals surface area (Å²) in [5.41, 5.74) is 4.13. The highest BCUT2D eigenvalue weighted by Gasteiger charge is 2.30. The number of aliphatic hydroxyl groups excluding tert-OH is 1. The van der Waals surface area contributed by atoms with Gasteiger partial charge in [-0.25, -0.2) is 14.2 Å². The van der Waals surface area contributed by atoms with Gasteiger partial charge in [0.2, 0.25) is 0 Å². The van der Waals surface area contributed by atoms with Gasteiger partial charge in [-0.3, -0.25) is 4.90 Å². The van der Waals surface area contributed by atoms with Gasteiger partial charge in [-0.05, 0) is 51.0 Å². The molecule has 0 saturated carbocycles. The summed E-state index contributed by atoms with van der Waals surface area (Å²) >= 11 is 0. The maximum absolute atomic E-state index is 10.4. The molecule has 37 heavy (non-hydrogen) atoms. The maximum Gasteiger partial charge on any atom is 0.163 e. The van der Waals surface area contributed by atoms with Crippen molar-refractivity contribution in [3.8, 4) is 28.9 Å². The Kier molecular flexibility index (Phi) is 6.12. The van der Waals surface area contributed by atoms with Gasteiger partial charge in [0.05, 0.1) is 49.0 Å². The van der Waals surface area contributed by atoms with Crippen molar-refractivity contribution in [1.29, 1.82) is 5.26 Å². The number of pyridine rings is 2. The van der Waals surface area contributed by atoms with Crippen LogP contribution in [0, 0.1) is 18.3 Å². The number of aromatic nitrogens is 5. The summed E-state index contributed by atoms with van der Waals surface area (Å²) in [6.45, 7) is 7.32. The lowest BCUT2D eigenvalue weighted by atomic mass is 10.0. The Morgan fingerprint density at radius 3 is 2.68 bits per heavy atom. The van der Waals surface area contributed by atoms with Gasteiger partial charge in [-0.1, -0.05) is 6.07 Å². The van der Waals surface area contributed by atoms with E-state index in [0.29, 0.717) is 28.8 Å². The summed E-state index contributed by atoms with van der Waals surface area (Å²) in [6, 6.07) is 12.0. The number of likely N-dealkylation sites (tertiary alicyclic amines) is 1. The van der Waals surface area contributed by atoms with E-state index in [9.17, 15) is 10.4 Å². The minimum Gasteiger partial charge on any atom is -0.489 e. The summed E-state index contributed by atoms with van der Waals surface area (Å²) in [6.07, 6.45) is 5.14. The summed E-state index contributed by atoms with van der Waals surface area (Å²) in [4.78, 5) is 7.35. The molecule has 0 aromatic carbocycles. The van der Waals surface area contributed by atoms with Gasteiger partial charge in [0, 0.05) is 29.9 Å².